The van der Waals surface area contributed by atoms with E-state index in [4.69, 9.17) is 4.74 Å². The van der Waals surface area contributed by atoms with Gasteiger partial charge in [-0.05, 0) is 71.8 Å². The summed E-state index contributed by atoms with van der Waals surface area (Å²) in [4.78, 5) is -2.59. The molecular formula is C24H18O10S3. The molecule has 0 radical (unpaired) electrons. The number of benzene rings is 4. The second kappa shape index (κ2) is 9.61. The first-order valence-corrected chi connectivity index (χ1v) is 14.6. The molecular weight excluding hydrogens is 544 g/mol. The highest BCUT2D eigenvalue weighted by atomic mass is 32.2. The summed E-state index contributed by atoms with van der Waals surface area (Å²) in [6.07, 6.45) is 0. The van der Waals surface area contributed by atoms with Gasteiger partial charge in [0.05, 0.1) is 14.7 Å². The molecule has 0 unspecified atom stereocenters. The summed E-state index contributed by atoms with van der Waals surface area (Å²) in [7, 11) is -14.1. The van der Waals surface area contributed by atoms with Gasteiger partial charge in [0.25, 0.3) is 20.2 Å². The lowest BCUT2D eigenvalue weighted by molar-refractivity contribution is 0.449. The van der Waals surface area contributed by atoms with E-state index >= 15 is 0 Å². The molecule has 3 N–H and O–H groups in total. The van der Waals surface area contributed by atoms with Crippen molar-refractivity contribution in [2.75, 3.05) is 0 Å². The van der Waals surface area contributed by atoms with Gasteiger partial charge in [0, 0.05) is 0 Å². The molecule has 0 bridgehead atoms. The average Bonchev–Trinajstić information content (AvgIpc) is 2.84. The molecule has 0 saturated heterocycles. The number of ether oxygens (including phenoxy) is 1. The Morgan fingerprint density at radius 3 is 1.68 bits per heavy atom. The minimum atomic E-state index is -4.95. The van der Waals surface area contributed by atoms with Crippen LogP contribution in [-0.2, 0) is 30.1 Å². The maximum absolute atomic E-state index is 13.0. The summed E-state index contributed by atoms with van der Waals surface area (Å²) in [6, 6.07) is 19.5. The number of hydrogen-bond acceptors (Lipinski definition) is 8. The molecule has 0 spiro atoms. The van der Waals surface area contributed by atoms with Crippen LogP contribution in [0.25, 0.3) is 11.1 Å². The Balaban J connectivity index is 1.70. The van der Waals surface area contributed by atoms with Crippen LogP contribution in [-0.4, -0.2) is 39.5 Å². The summed E-state index contributed by atoms with van der Waals surface area (Å²) in [5, 5.41) is 9.42. The van der Waals surface area contributed by atoms with E-state index in [9.17, 15) is 39.5 Å². The molecule has 0 fully saturated rings. The molecule has 4 aromatic carbocycles. The van der Waals surface area contributed by atoms with Crippen molar-refractivity contribution in [2.45, 2.75) is 19.6 Å². The van der Waals surface area contributed by atoms with Gasteiger partial charge < -0.3 is 9.84 Å². The van der Waals surface area contributed by atoms with Gasteiger partial charge in [-0.15, -0.1) is 0 Å². The third-order valence-electron chi connectivity index (χ3n) is 5.20. The van der Waals surface area contributed by atoms with Crippen molar-refractivity contribution in [2.24, 2.45) is 0 Å². The minimum absolute atomic E-state index is 0.109. The summed E-state index contributed by atoms with van der Waals surface area (Å²) < 4.78 is 97.5. The molecule has 0 amide bonds. The molecule has 4 aromatic rings. The van der Waals surface area contributed by atoms with Crippen LogP contribution < -0.4 is 4.74 Å². The zero-order valence-electron chi connectivity index (χ0n) is 18.6. The topological polar surface area (TPSA) is 172 Å². The Morgan fingerprint density at radius 1 is 0.568 bits per heavy atom. The van der Waals surface area contributed by atoms with Gasteiger partial charge in [-0.2, -0.15) is 16.8 Å². The van der Waals surface area contributed by atoms with E-state index < -0.39 is 49.7 Å². The van der Waals surface area contributed by atoms with Crippen molar-refractivity contribution in [3.8, 4) is 28.4 Å². The van der Waals surface area contributed by atoms with Crippen molar-refractivity contribution in [3.05, 3.63) is 91.0 Å². The Bertz CT molecular complexity index is 1790. The second-order valence-corrected chi connectivity index (χ2v) is 12.5. The van der Waals surface area contributed by atoms with E-state index in [2.05, 4.69) is 0 Å². The zero-order valence-corrected chi connectivity index (χ0v) is 21.0. The molecule has 192 valence electrons. The molecule has 0 saturated carbocycles. The first kappa shape index (κ1) is 26.3. The predicted molar refractivity (Wildman–Crippen MR) is 132 cm³/mol. The lowest BCUT2D eigenvalue weighted by Crippen LogP contribution is -2.07. The van der Waals surface area contributed by atoms with Crippen LogP contribution in [0.3, 0.4) is 0 Å². The Morgan fingerprint density at radius 2 is 1.11 bits per heavy atom. The smallest absolute Gasteiger partial charge is 0.298 e. The SMILES string of the molecule is O=S(=O)(O)c1cccc(S(=O)(=O)c2ccc(Oc3ccc(-c4ccc(O)cc4)cc3)c(S(=O)(=O)O)c2)c1. The number of phenolic OH excluding ortho intramolecular Hbond substituents is 1. The minimum Gasteiger partial charge on any atom is -0.508 e. The van der Waals surface area contributed by atoms with Crippen LogP contribution in [0.15, 0.2) is 111 Å². The van der Waals surface area contributed by atoms with Crippen molar-refractivity contribution in [3.63, 3.8) is 0 Å². The van der Waals surface area contributed by atoms with Gasteiger partial charge in [-0.25, -0.2) is 8.42 Å². The van der Waals surface area contributed by atoms with Crippen LogP contribution in [0.1, 0.15) is 0 Å². The van der Waals surface area contributed by atoms with Crippen LogP contribution >= 0.6 is 0 Å². The molecule has 0 aliphatic rings. The van der Waals surface area contributed by atoms with Gasteiger partial charge in [0.1, 0.15) is 22.1 Å². The highest BCUT2D eigenvalue weighted by Crippen LogP contribution is 2.34. The molecule has 0 atom stereocenters. The fourth-order valence-electron chi connectivity index (χ4n) is 3.38. The largest absolute Gasteiger partial charge is 0.508 e. The van der Waals surface area contributed by atoms with Gasteiger partial charge in [-0.3, -0.25) is 9.11 Å². The predicted octanol–water partition coefficient (Wildman–Crippen LogP) is 4.18. The van der Waals surface area contributed by atoms with Gasteiger partial charge in [-0.1, -0.05) is 30.3 Å². The van der Waals surface area contributed by atoms with Crippen molar-refractivity contribution < 1.29 is 44.2 Å². The van der Waals surface area contributed by atoms with E-state index in [1.54, 1.807) is 24.3 Å². The molecule has 10 nitrogen and oxygen atoms in total. The lowest BCUT2D eigenvalue weighted by atomic mass is 10.1. The quantitative estimate of drug-likeness (QED) is 0.277. The van der Waals surface area contributed by atoms with Gasteiger partial charge in [0.15, 0.2) is 0 Å². The summed E-state index contributed by atoms with van der Waals surface area (Å²) in [6.45, 7) is 0. The van der Waals surface area contributed by atoms with Crippen molar-refractivity contribution in [1.82, 2.24) is 0 Å². The highest BCUT2D eigenvalue weighted by molar-refractivity contribution is 7.91. The van der Waals surface area contributed by atoms with E-state index in [0.29, 0.717) is 6.07 Å². The number of phenols is 1. The van der Waals surface area contributed by atoms with E-state index in [1.807, 2.05) is 0 Å². The molecule has 13 heteroatoms. The highest BCUT2D eigenvalue weighted by Gasteiger charge is 2.25. The standard InChI is InChI=1S/C24H18O10S3/c25-18-8-4-16(5-9-18)17-6-10-19(11-7-17)34-23-13-12-21(15-24(23)37(31,32)33)35(26,27)20-2-1-3-22(14-20)36(28,29)30/h1-15,25H,(H,28,29,30)(H,31,32,33). The van der Waals surface area contributed by atoms with Gasteiger partial charge in [0.2, 0.25) is 9.84 Å². The summed E-state index contributed by atoms with van der Waals surface area (Å²) in [5.74, 6) is -0.0625. The Hall–Kier alpha value is -3.75. The summed E-state index contributed by atoms with van der Waals surface area (Å²) >= 11 is 0. The van der Waals surface area contributed by atoms with E-state index in [0.717, 1.165) is 47.5 Å². The monoisotopic (exact) mass is 562 g/mol. The maximum Gasteiger partial charge on any atom is 0.298 e. The average molecular weight is 563 g/mol. The summed E-state index contributed by atoms with van der Waals surface area (Å²) in [5.41, 5.74) is 1.58. The Kier molecular flexibility index (Phi) is 6.83. The third kappa shape index (κ3) is 5.81. The van der Waals surface area contributed by atoms with E-state index in [1.165, 1.54) is 24.3 Å². The van der Waals surface area contributed by atoms with Crippen LogP contribution in [0.2, 0.25) is 0 Å². The number of hydrogen-bond donors (Lipinski definition) is 3. The molecule has 0 heterocycles. The van der Waals surface area contributed by atoms with Crippen LogP contribution in [0, 0.1) is 0 Å². The van der Waals surface area contributed by atoms with Crippen LogP contribution in [0.5, 0.6) is 17.2 Å². The molecule has 4 rings (SSSR count). The number of sulfone groups is 1. The van der Waals surface area contributed by atoms with Crippen LogP contribution in [0.4, 0.5) is 0 Å². The number of aromatic hydroxyl groups is 1. The van der Waals surface area contributed by atoms with E-state index in [-0.39, 0.29) is 17.2 Å². The lowest BCUT2D eigenvalue weighted by Gasteiger charge is -2.12. The van der Waals surface area contributed by atoms with Crippen molar-refractivity contribution in [1.29, 1.82) is 0 Å². The molecule has 0 aliphatic carbocycles. The first-order valence-electron chi connectivity index (χ1n) is 10.3. The van der Waals surface area contributed by atoms with Crippen molar-refractivity contribution >= 4 is 30.1 Å². The Labute approximate surface area is 212 Å². The first-order chi connectivity index (χ1) is 17.2. The molecule has 37 heavy (non-hydrogen) atoms. The zero-order chi connectivity index (χ0) is 27.0. The van der Waals surface area contributed by atoms with Gasteiger partial charge >= 0.3 is 0 Å². The maximum atomic E-state index is 13.0. The normalized spacial score (nSPS) is 12.3. The fraction of sp³-hybridized carbons (Fsp3) is 0. The second-order valence-electron chi connectivity index (χ2n) is 7.71. The fourth-order valence-corrected chi connectivity index (χ4v) is 6.02. The third-order valence-corrected chi connectivity index (χ3v) is 8.67. The molecule has 0 aliphatic heterocycles. The number of rotatable bonds is 7. The molecule has 0 aromatic heterocycles.